The quantitative estimate of drug-likeness (QED) is 0.794. The normalized spacial score (nSPS) is 12.9. The second-order valence-electron chi connectivity index (χ2n) is 4.60. The molecule has 3 aromatic heterocycles. The van der Waals surface area contributed by atoms with Crippen molar-refractivity contribution in [1.82, 2.24) is 19.7 Å². The van der Waals surface area contributed by atoms with Crippen molar-refractivity contribution in [2.45, 2.75) is 19.4 Å². The summed E-state index contributed by atoms with van der Waals surface area (Å²) in [6.07, 6.45) is 8.79. The van der Waals surface area contributed by atoms with Gasteiger partial charge in [-0.3, -0.25) is 9.38 Å². The van der Waals surface area contributed by atoms with Gasteiger partial charge in [-0.25, -0.2) is 4.98 Å². The Kier molecular flexibility index (Phi) is 3.31. The molecule has 3 rings (SSSR count). The molecule has 98 valence electrons. The number of aryl methyl sites for hydroxylation is 1. The van der Waals surface area contributed by atoms with Crippen molar-refractivity contribution >= 4 is 16.3 Å². The van der Waals surface area contributed by atoms with Crippen LogP contribution in [0.5, 0.6) is 0 Å². The summed E-state index contributed by atoms with van der Waals surface area (Å²) in [5.74, 6) is 0. The molecular weight excluding hydrogens is 256 g/mol. The first-order valence-corrected chi connectivity index (χ1v) is 7.14. The minimum absolute atomic E-state index is 0.271. The van der Waals surface area contributed by atoms with Gasteiger partial charge >= 0.3 is 0 Å². The van der Waals surface area contributed by atoms with E-state index in [2.05, 4.69) is 44.3 Å². The first-order valence-electron chi connectivity index (χ1n) is 6.27. The van der Waals surface area contributed by atoms with E-state index in [4.69, 9.17) is 0 Å². The van der Waals surface area contributed by atoms with Gasteiger partial charge in [-0.1, -0.05) is 0 Å². The number of thiazole rings is 1. The topological polar surface area (TPSA) is 42.2 Å². The lowest BCUT2D eigenvalue weighted by Gasteiger charge is -2.17. The zero-order valence-corrected chi connectivity index (χ0v) is 11.8. The molecular formula is C14H16N4S. The summed E-state index contributed by atoms with van der Waals surface area (Å²) in [6.45, 7) is 2.10. The Labute approximate surface area is 116 Å². The Morgan fingerprint density at radius 2 is 2.37 bits per heavy atom. The fraction of sp³-hybridized carbons (Fsp3) is 0.286. The van der Waals surface area contributed by atoms with E-state index in [9.17, 15) is 0 Å². The van der Waals surface area contributed by atoms with E-state index in [1.165, 1.54) is 11.1 Å². The second kappa shape index (κ2) is 5.11. The summed E-state index contributed by atoms with van der Waals surface area (Å²) in [4.78, 5) is 9.84. The summed E-state index contributed by atoms with van der Waals surface area (Å²) in [5.41, 5.74) is 3.61. The maximum atomic E-state index is 4.64. The first-order chi connectivity index (χ1) is 9.28. The number of pyridine rings is 1. The molecule has 0 amide bonds. The van der Waals surface area contributed by atoms with Crippen LogP contribution in [0, 0.1) is 6.92 Å². The molecule has 0 saturated heterocycles. The largest absolute Gasteiger partial charge is 0.313 e. The number of aromatic nitrogens is 3. The minimum atomic E-state index is 0.271. The van der Waals surface area contributed by atoms with E-state index in [1.54, 1.807) is 11.3 Å². The highest BCUT2D eigenvalue weighted by molar-refractivity contribution is 7.15. The molecule has 5 heteroatoms. The summed E-state index contributed by atoms with van der Waals surface area (Å²) < 4.78 is 2.08. The van der Waals surface area contributed by atoms with Crippen molar-refractivity contribution in [3.05, 3.63) is 53.1 Å². The molecule has 0 spiro atoms. The standard InChI is InChI=1S/C14H16N4S/c1-10-8-16-4-3-12(10)13(15-2)7-11-9-18-5-6-19-14(18)17-11/h3-6,8-9,13,15H,7H2,1-2H3. The molecule has 0 aliphatic rings. The highest BCUT2D eigenvalue weighted by Crippen LogP contribution is 2.21. The predicted octanol–water partition coefficient (Wildman–Crippen LogP) is 2.60. The van der Waals surface area contributed by atoms with Crippen LogP contribution < -0.4 is 5.32 Å². The molecule has 0 bridgehead atoms. The number of rotatable bonds is 4. The van der Waals surface area contributed by atoms with Crippen LogP contribution in [0.15, 0.2) is 36.2 Å². The molecule has 0 aliphatic heterocycles. The molecule has 0 fully saturated rings. The molecule has 3 heterocycles. The highest BCUT2D eigenvalue weighted by atomic mass is 32.1. The lowest BCUT2D eigenvalue weighted by atomic mass is 10.00. The van der Waals surface area contributed by atoms with Crippen LogP contribution in [0.2, 0.25) is 0 Å². The zero-order chi connectivity index (χ0) is 13.2. The van der Waals surface area contributed by atoms with Gasteiger partial charge in [-0.2, -0.15) is 0 Å². The van der Waals surface area contributed by atoms with Gasteiger partial charge in [0.05, 0.1) is 5.69 Å². The lowest BCUT2D eigenvalue weighted by molar-refractivity contribution is 0.582. The van der Waals surface area contributed by atoms with Gasteiger partial charge in [0.25, 0.3) is 0 Å². The zero-order valence-electron chi connectivity index (χ0n) is 11.0. The SMILES string of the molecule is CNC(Cc1cn2ccsc2n1)c1ccncc1C. The maximum absolute atomic E-state index is 4.64. The minimum Gasteiger partial charge on any atom is -0.313 e. The van der Waals surface area contributed by atoms with Gasteiger partial charge in [0.2, 0.25) is 0 Å². The van der Waals surface area contributed by atoms with Gasteiger partial charge in [-0.05, 0) is 31.2 Å². The van der Waals surface area contributed by atoms with Crippen LogP contribution in [-0.4, -0.2) is 21.4 Å². The van der Waals surface area contributed by atoms with Crippen LogP contribution in [0.25, 0.3) is 4.96 Å². The lowest BCUT2D eigenvalue weighted by Crippen LogP contribution is -2.20. The van der Waals surface area contributed by atoms with Gasteiger partial charge < -0.3 is 5.32 Å². The average Bonchev–Trinajstić information content (AvgIpc) is 2.97. The number of nitrogens with zero attached hydrogens (tertiary/aromatic N) is 3. The molecule has 1 atom stereocenters. The van der Waals surface area contributed by atoms with Crippen LogP contribution in [0.1, 0.15) is 22.9 Å². The highest BCUT2D eigenvalue weighted by Gasteiger charge is 2.14. The van der Waals surface area contributed by atoms with E-state index in [1.807, 2.05) is 25.6 Å². The van der Waals surface area contributed by atoms with Crippen molar-refractivity contribution in [1.29, 1.82) is 0 Å². The molecule has 0 saturated carbocycles. The third-order valence-electron chi connectivity index (χ3n) is 3.34. The van der Waals surface area contributed by atoms with E-state index in [-0.39, 0.29) is 6.04 Å². The van der Waals surface area contributed by atoms with E-state index in [0.29, 0.717) is 0 Å². The smallest absolute Gasteiger partial charge is 0.193 e. The Hall–Kier alpha value is -1.72. The fourth-order valence-corrected chi connectivity index (χ4v) is 3.05. The van der Waals surface area contributed by atoms with Gasteiger partial charge in [0.1, 0.15) is 0 Å². The van der Waals surface area contributed by atoms with Crippen LogP contribution in [0.3, 0.4) is 0 Å². The monoisotopic (exact) mass is 272 g/mol. The third-order valence-corrected chi connectivity index (χ3v) is 4.11. The van der Waals surface area contributed by atoms with Crippen molar-refractivity contribution in [2.24, 2.45) is 0 Å². The molecule has 1 unspecified atom stereocenters. The summed E-state index contributed by atoms with van der Waals surface area (Å²) in [6, 6.07) is 2.35. The number of nitrogens with one attached hydrogen (secondary N) is 1. The van der Waals surface area contributed by atoms with Crippen molar-refractivity contribution in [2.75, 3.05) is 7.05 Å². The first kappa shape index (κ1) is 12.3. The summed E-state index contributed by atoms with van der Waals surface area (Å²) in [7, 11) is 1.99. The number of hydrogen-bond donors (Lipinski definition) is 1. The van der Waals surface area contributed by atoms with Crippen LogP contribution >= 0.6 is 11.3 Å². The van der Waals surface area contributed by atoms with Crippen molar-refractivity contribution < 1.29 is 0 Å². The number of fused-ring (bicyclic) bond motifs is 1. The van der Waals surface area contributed by atoms with Gasteiger partial charge in [-0.15, -0.1) is 11.3 Å². The van der Waals surface area contributed by atoms with Crippen LogP contribution in [0.4, 0.5) is 0 Å². The number of hydrogen-bond acceptors (Lipinski definition) is 4. The molecule has 1 N–H and O–H groups in total. The Morgan fingerprint density at radius 1 is 1.47 bits per heavy atom. The fourth-order valence-electron chi connectivity index (χ4n) is 2.33. The molecule has 19 heavy (non-hydrogen) atoms. The summed E-state index contributed by atoms with van der Waals surface area (Å²) >= 11 is 1.66. The van der Waals surface area contributed by atoms with Crippen molar-refractivity contribution in [3.63, 3.8) is 0 Å². The number of likely N-dealkylation sites (N-methyl/N-ethyl adjacent to an activating group) is 1. The molecule has 0 radical (unpaired) electrons. The van der Waals surface area contributed by atoms with Crippen LogP contribution in [-0.2, 0) is 6.42 Å². The second-order valence-corrected chi connectivity index (χ2v) is 5.48. The third kappa shape index (κ3) is 2.39. The Balaban J connectivity index is 1.87. The van der Waals surface area contributed by atoms with Crippen molar-refractivity contribution in [3.8, 4) is 0 Å². The maximum Gasteiger partial charge on any atom is 0.193 e. The Bertz CT molecular complexity index is 657. The van der Waals surface area contributed by atoms with Gasteiger partial charge in [0.15, 0.2) is 4.96 Å². The molecule has 0 aliphatic carbocycles. The van der Waals surface area contributed by atoms with E-state index in [0.717, 1.165) is 17.1 Å². The number of imidazole rings is 1. The Morgan fingerprint density at radius 3 is 3.11 bits per heavy atom. The molecule has 0 aromatic carbocycles. The molecule has 3 aromatic rings. The molecule has 4 nitrogen and oxygen atoms in total. The predicted molar refractivity (Wildman–Crippen MR) is 77.5 cm³/mol. The van der Waals surface area contributed by atoms with Gasteiger partial charge in [0, 0.05) is 42.6 Å². The van der Waals surface area contributed by atoms with E-state index >= 15 is 0 Å². The average molecular weight is 272 g/mol. The summed E-state index contributed by atoms with van der Waals surface area (Å²) in [5, 5.41) is 5.42. The van der Waals surface area contributed by atoms with E-state index < -0.39 is 0 Å².